The van der Waals surface area contributed by atoms with Gasteiger partial charge in [-0.25, -0.2) is 0 Å². The fourth-order valence-corrected chi connectivity index (χ4v) is 2.06. The summed E-state index contributed by atoms with van der Waals surface area (Å²) in [5.41, 5.74) is 0. The first kappa shape index (κ1) is 9.47. The zero-order chi connectivity index (χ0) is 10.2. The van der Waals surface area contributed by atoms with Crippen LogP contribution in [0.4, 0.5) is 0 Å². The van der Waals surface area contributed by atoms with Crippen molar-refractivity contribution in [3.63, 3.8) is 0 Å². The van der Waals surface area contributed by atoms with Crippen LogP contribution in [0.5, 0.6) is 0 Å². The Morgan fingerprint density at radius 2 is 1.57 bits per heavy atom. The van der Waals surface area contributed by atoms with Gasteiger partial charge in [0.25, 0.3) is 0 Å². The molecule has 0 fully saturated rings. The van der Waals surface area contributed by atoms with E-state index in [2.05, 4.69) is 6.30 Å². The minimum absolute atomic E-state index is 0.510. The standard InChI is InChI=1S/C11H11O2P/c1-14(12,13)11-7-6-9-4-2-3-5-10(9)8-11/h2-8,12-13H,1H2. The highest BCUT2D eigenvalue weighted by molar-refractivity contribution is 7.70. The smallest absolute Gasteiger partial charge is 0.142 e. The Morgan fingerprint density at radius 1 is 0.929 bits per heavy atom. The third-order valence-electron chi connectivity index (χ3n) is 2.15. The Morgan fingerprint density at radius 3 is 2.21 bits per heavy atom. The molecule has 2 nitrogen and oxygen atoms in total. The molecule has 0 aliphatic heterocycles. The minimum Gasteiger partial charge on any atom is -0.350 e. The minimum atomic E-state index is -3.12. The Kier molecular flexibility index (Phi) is 2.20. The van der Waals surface area contributed by atoms with E-state index in [1.807, 2.05) is 30.3 Å². The van der Waals surface area contributed by atoms with Crippen molar-refractivity contribution in [2.45, 2.75) is 0 Å². The van der Waals surface area contributed by atoms with Crippen LogP contribution in [0.3, 0.4) is 0 Å². The molecule has 0 bridgehead atoms. The predicted octanol–water partition coefficient (Wildman–Crippen LogP) is 1.73. The quantitative estimate of drug-likeness (QED) is 0.697. The molecule has 14 heavy (non-hydrogen) atoms. The highest BCUT2D eigenvalue weighted by Crippen LogP contribution is 2.33. The summed E-state index contributed by atoms with van der Waals surface area (Å²) in [7, 11) is -3.12. The van der Waals surface area contributed by atoms with E-state index < -0.39 is 7.34 Å². The third kappa shape index (κ3) is 1.73. The van der Waals surface area contributed by atoms with Crippen LogP contribution in [0, 0.1) is 0 Å². The molecular weight excluding hydrogens is 195 g/mol. The van der Waals surface area contributed by atoms with Crippen LogP contribution in [0.25, 0.3) is 10.8 Å². The summed E-state index contributed by atoms with van der Waals surface area (Å²) in [4.78, 5) is 18.8. The van der Waals surface area contributed by atoms with Crippen molar-refractivity contribution in [3.05, 3.63) is 42.5 Å². The normalized spacial score (nSPS) is 11.9. The van der Waals surface area contributed by atoms with Crippen LogP contribution in [-0.4, -0.2) is 16.1 Å². The molecule has 72 valence electrons. The molecule has 0 saturated carbocycles. The van der Waals surface area contributed by atoms with Crippen molar-refractivity contribution in [2.75, 3.05) is 0 Å². The fourth-order valence-electron chi connectivity index (χ4n) is 1.40. The molecule has 0 aliphatic rings. The molecule has 2 aromatic carbocycles. The molecule has 3 heteroatoms. The van der Waals surface area contributed by atoms with E-state index >= 15 is 0 Å². The van der Waals surface area contributed by atoms with Crippen molar-refractivity contribution in [1.29, 1.82) is 0 Å². The second-order valence-corrected chi connectivity index (χ2v) is 5.24. The molecule has 0 radical (unpaired) electrons. The van der Waals surface area contributed by atoms with E-state index in [1.165, 1.54) is 0 Å². The van der Waals surface area contributed by atoms with Gasteiger partial charge in [0.15, 0.2) is 0 Å². The maximum absolute atomic E-state index is 9.40. The molecule has 2 N–H and O–H groups in total. The summed E-state index contributed by atoms with van der Waals surface area (Å²) in [6.07, 6.45) is 3.37. The second-order valence-electron chi connectivity index (χ2n) is 3.26. The highest BCUT2D eigenvalue weighted by atomic mass is 31.2. The maximum atomic E-state index is 9.40. The molecule has 0 spiro atoms. The van der Waals surface area contributed by atoms with Gasteiger partial charge in [-0.3, -0.25) is 0 Å². The highest BCUT2D eigenvalue weighted by Gasteiger charge is 2.08. The maximum Gasteiger partial charge on any atom is 0.142 e. The van der Waals surface area contributed by atoms with Gasteiger partial charge in [0.2, 0.25) is 0 Å². The van der Waals surface area contributed by atoms with Gasteiger partial charge in [0, 0.05) is 5.30 Å². The van der Waals surface area contributed by atoms with Crippen LogP contribution >= 0.6 is 7.34 Å². The van der Waals surface area contributed by atoms with Gasteiger partial charge in [-0.15, -0.1) is 0 Å². The fraction of sp³-hybridized carbons (Fsp3) is 0. The zero-order valence-corrected chi connectivity index (χ0v) is 8.48. The van der Waals surface area contributed by atoms with Crippen molar-refractivity contribution in [2.24, 2.45) is 0 Å². The summed E-state index contributed by atoms with van der Waals surface area (Å²) < 4.78 is 0. The van der Waals surface area contributed by atoms with Gasteiger partial charge in [-0.1, -0.05) is 30.3 Å². The number of benzene rings is 2. The predicted molar refractivity (Wildman–Crippen MR) is 62.1 cm³/mol. The first-order chi connectivity index (χ1) is 6.57. The topological polar surface area (TPSA) is 40.5 Å². The van der Waals surface area contributed by atoms with Crippen molar-refractivity contribution >= 4 is 29.7 Å². The lowest BCUT2D eigenvalue weighted by molar-refractivity contribution is 0.491. The van der Waals surface area contributed by atoms with Crippen LogP contribution in [0.15, 0.2) is 42.5 Å². The summed E-state index contributed by atoms with van der Waals surface area (Å²) in [6.45, 7) is 0. The largest absolute Gasteiger partial charge is 0.350 e. The molecular formula is C11H11O2P. The van der Waals surface area contributed by atoms with E-state index in [4.69, 9.17) is 0 Å². The zero-order valence-electron chi connectivity index (χ0n) is 7.59. The first-order valence-electron chi connectivity index (χ1n) is 4.26. The summed E-state index contributed by atoms with van der Waals surface area (Å²) in [5, 5.41) is 2.60. The van der Waals surface area contributed by atoms with Gasteiger partial charge >= 0.3 is 0 Å². The van der Waals surface area contributed by atoms with Crippen LogP contribution in [-0.2, 0) is 0 Å². The Bertz CT molecular complexity index is 513. The molecule has 0 heterocycles. The van der Waals surface area contributed by atoms with Gasteiger partial charge < -0.3 is 9.79 Å². The lowest BCUT2D eigenvalue weighted by Gasteiger charge is -2.10. The Balaban J connectivity index is 2.69. The number of hydrogen-bond donors (Lipinski definition) is 2. The third-order valence-corrected chi connectivity index (χ3v) is 3.25. The molecule has 0 atom stereocenters. The van der Waals surface area contributed by atoms with Crippen LogP contribution < -0.4 is 5.30 Å². The van der Waals surface area contributed by atoms with E-state index in [-0.39, 0.29) is 0 Å². The lowest BCUT2D eigenvalue weighted by Crippen LogP contribution is -2.02. The average Bonchev–Trinajstić information content (AvgIpc) is 2.16. The average molecular weight is 206 g/mol. The molecule has 0 saturated heterocycles. The summed E-state index contributed by atoms with van der Waals surface area (Å²) in [5.74, 6) is 0. The van der Waals surface area contributed by atoms with Crippen LogP contribution in [0.2, 0.25) is 0 Å². The van der Waals surface area contributed by atoms with Crippen molar-refractivity contribution in [3.8, 4) is 0 Å². The van der Waals surface area contributed by atoms with Gasteiger partial charge in [0.05, 0.1) is 0 Å². The number of rotatable bonds is 1. The second kappa shape index (κ2) is 3.25. The van der Waals surface area contributed by atoms with Crippen LogP contribution in [0.1, 0.15) is 0 Å². The Labute approximate surface area is 82.6 Å². The lowest BCUT2D eigenvalue weighted by atomic mass is 10.1. The number of fused-ring (bicyclic) bond motifs is 1. The Hall–Kier alpha value is -1.08. The molecule has 2 aromatic rings. The molecule has 0 aromatic heterocycles. The molecule has 0 aliphatic carbocycles. The first-order valence-corrected chi connectivity index (χ1v) is 6.13. The molecule has 2 rings (SSSR count). The van der Waals surface area contributed by atoms with E-state index in [0.29, 0.717) is 5.30 Å². The van der Waals surface area contributed by atoms with Crippen molar-refractivity contribution in [1.82, 2.24) is 0 Å². The monoisotopic (exact) mass is 206 g/mol. The van der Waals surface area contributed by atoms with Gasteiger partial charge in [-0.05, 0) is 29.2 Å². The van der Waals surface area contributed by atoms with Gasteiger partial charge in [-0.2, -0.15) is 0 Å². The molecule has 0 amide bonds. The summed E-state index contributed by atoms with van der Waals surface area (Å²) in [6, 6.07) is 13.2. The van der Waals surface area contributed by atoms with Crippen molar-refractivity contribution < 1.29 is 9.79 Å². The SMILES string of the molecule is C=P(O)(O)c1ccc2ccccc2c1. The van der Waals surface area contributed by atoms with E-state index in [1.54, 1.807) is 12.1 Å². The van der Waals surface area contributed by atoms with E-state index in [0.717, 1.165) is 10.8 Å². The van der Waals surface area contributed by atoms with Gasteiger partial charge in [0.1, 0.15) is 7.34 Å². The molecule has 0 unspecified atom stereocenters. The number of hydrogen-bond acceptors (Lipinski definition) is 2. The summed E-state index contributed by atoms with van der Waals surface area (Å²) >= 11 is 0. The van der Waals surface area contributed by atoms with E-state index in [9.17, 15) is 9.79 Å².